The van der Waals surface area contributed by atoms with Crippen LogP contribution >= 0.6 is 0 Å². The second kappa shape index (κ2) is 6.72. The lowest BCUT2D eigenvalue weighted by molar-refractivity contribution is -0.119. The maximum atomic E-state index is 13.0. The zero-order valence-electron chi connectivity index (χ0n) is 14.8. The number of nitrogens with zero attached hydrogens (tertiary/aromatic N) is 5. The SMILES string of the molecule is Cc1nccn1-c1ncccc1NC(=O)[C@H]1CNC[C@@H]1c1cnn(C)c1. The van der Waals surface area contributed by atoms with E-state index in [9.17, 15) is 4.79 Å². The van der Waals surface area contributed by atoms with Crippen molar-refractivity contribution in [2.45, 2.75) is 12.8 Å². The first-order valence-corrected chi connectivity index (χ1v) is 8.59. The van der Waals surface area contributed by atoms with Crippen LogP contribution < -0.4 is 10.6 Å². The number of aryl methyl sites for hydroxylation is 2. The normalized spacial score (nSPS) is 19.6. The van der Waals surface area contributed by atoms with E-state index in [1.54, 1.807) is 17.1 Å². The highest BCUT2D eigenvalue weighted by atomic mass is 16.2. The molecule has 8 heteroatoms. The molecular formula is C18H21N7O. The van der Waals surface area contributed by atoms with Gasteiger partial charge in [-0.15, -0.1) is 0 Å². The molecule has 0 aliphatic carbocycles. The largest absolute Gasteiger partial charge is 0.323 e. The summed E-state index contributed by atoms with van der Waals surface area (Å²) in [5.41, 5.74) is 1.75. The highest BCUT2D eigenvalue weighted by Gasteiger charge is 2.35. The lowest BCUT2D eigenvalue weighted by Gasteiger charge is -2.18. The van der Waals surface area contributed by atoms with Crippen LogP contribution in [0, 0.1) is 12.8 Å². The molecule has 2 N–H and O–H groups in total. The minimum atomic E-state index is -0.156. The van der Waals surface area contributed by atoms with Crippen molar-refractivity contribution in [3.63, 3.8) is 0 Å². The molecule has 0 unspecified atom stereocenters. The van der Waals surface area contributed by atoms with Gasteiger partial charge in [-0.3, -0.25) is 14.0 Å². The minimum absolute atomic E-state index is 0.0177. The zero-order chi connectivity index (χ0) is 18.1. The van der Waals surface area contributed by atoms with Crippen LogP contribution in [0.1, 0.15) is 17.3 Å². The summed E-state index contributed by atoms with van der Waals surface area (Å²) in [6, 6.07) is 3.68. The Labute approximate surface area is 151 Å². The summed E-state index contributed by atoms with van der Waals surface area (Å²) in [7, 11) is 1.89. The molecule has 1 amide bonds. The number of amides is 1. The van der Waals surface area contributed by atoms with Gasteiger partial charge in [0.25, 0.3) is 0 Å². The molecule has 0 aromatic carbocycles. The lowest BCUT2D eigenvalue weighted by Crippen LogP contribution is -2.28. The Morgan fingerprint density at radius 1 is 1.31 bits per heavy atom. The van der Waals surface area contributed by atoms with E-state index in [1.165, 1.54) is 0 Å². The fourth-order valence-corrected chi connectivity index (χ4v) is 3.45. The van der Waals surface area contributed by atoms with Gasteiger partial charge in [-0.2, -0.15) is 5.10 Å². The molecule has 8 nitrogen and oxygen atoms in total. The van der Waals surface area contributed by atoms with Crippen LogP contribution in [0.25, 0.3) is 5.82 Å². The van der Waals surface area contributed by atoms with Crippen LogP contribution in [0.15, 0.2) is 43.1 Å². The molecule has 0 radical (unpaired) electrons. The second-order valence-corrected chi connectivity index (χ2v) is 6.53. The van der Waals surface area contributed by atoms with Crippen molar-refractivity contribution in [3.05, 3.63) is 54.5 Å². The van der Waals surface area contributed by atoms with Gasteiger partial charge in [-0.1, -0.05) is 0 Å². The summed E-state index contributed by atoms with van der Waals surface area (Å²) in [6.45, 7) is 3.31. The molecule has 2 atom stereocenters. The Morgan fingerprint density at radius 2 is 2.19 bits per heavy atom. The van der Waals surface area contributed by atoms with Gasteiger partial charge < -0.3 is 10.6 Å². The van der Waals surface area contributed by atoms with E-state index in [-0.39, 0.29) is 17.7 Å². The number of carbonyl (C=O) groups is 1. The first kappa shape index (κ1) is 16.5. The van der Waals surface area contributed by atoms with Crippen molar-refractivity contribution in [3.8, 4) is 5.82 Å². The zero-order valence-corrected chi connectivity index (χ0v) is 14.8. The average molecular weight is 351 g/mol. The Balaban J connectivity index is 1.58. The first-order valence-electron chi connectivity index (χ1n) is 8.59. The van der Waals surface area contributed by atoms with Crippen molar-refractivity contribution >= 4 is 11.6 Å². The summed E-state index contributed by atoms with van der Waals surface area (Å²) in [5.74, 6) is 1.42. The fourth-order valence-electron chi connectivity index (χ4n) is 3.45. The topological polar surface area (TPSA) is 89.7 Å². The van der Waals surface area contributed by atoms with E-state index in [0.717, 1.165) is 17.9 Å². The molecule has 1 fully saturated rings. The molecule has 0 bridgehead atoms. The summed E-state index contributed by atoms with van der Waals surface area (Å²) >= 11 is 0. The van der Waals surface area contributed by atoms with Crippen LogP contribution in [0.2, 0.25) is 0 Å². The third-order valence-electron chi connectivity index (χ3n) is 4.80. The molecule has 0 saturated carbocycles. The first-order chi connectivity index (χ1) is 12.6. The van der Waals surface area contributed by atoms with Crippen LogP contribution in [0.3, 0.4) is 0 Å². The van der Waals surface area contributed by atoms with E-state index >= 15 is 0 Å². The molecular weight excluding hydrogens is 330 g/mol. The van der Waals surface area contributed by atoms with Crippen molar-refractivity contribution < 1.29 is 4.79 Å². The van der Waals surface area contributed by atoms with Gasteiger partial charge >= 0.3 is 0 Å². The van der Waals surface area contributed by atoms with Gasteiger partial charge in [-0.05, 0) is 24.6 Å². The maximum absolute atomic E-state index is 13.0. The molecule has 1 aliphatic heterocycles. The molecule has 26 heavy (non-hydrogen) atoms. The van der Waals surface area contributed by atoms with Gasteiger partial charge in [0, 0.05) is 50.8 Å². The summed E-state index contributed by atoms with van der Waals surface area (Å²) in [4.78, 5) is 21.6. The van der Waals surface area contributed by atoms with Gasteiger partial charge in [0.05, 0.1) is 17.8 Å². The van der Waals surface area contributed by atoms with Crippen LogP contribution in [-0.2, 0) is 11.8 Å². The highest BCUT2D eigenvalue weighted by Crippen LogP contribution is 2.29. The van der Waals surface area contributed by atoms with Crippen LogP contribution in [-0.4, -0.2) is 43.3 Å². The van der Waals surface area contributed by atoms with Crippen molar-refractivity contribution in [2.24, 2.45) is 13.0 Å². The summed E-state index contributed by atoms with van der Waals surface area (Å²) in [5, 5.41) is 10.6. The minimum Gasteiger partial charge on any atom is -0.323 e. The Bertz CT molecular complexity index is 929. The number of aromatic nitrogens is 5. The van der Waals surface area contributed by atoms with Gasteiger partial charge in [-0.25, -0.2) is 9.97 Å². The fraction of sp³-hybridized carbons (Fsp3) is 0.333. The molecule has 1 aliphatic rings. The number of hydrogen-bond acceptors (Lipinski definition) is 5. The van der Waals surface area contributed by atoms with E-state index in [2.05, 4.69) is 25.7 Å². The van der Waals surface area contributed by atoms with Crippen molar-refractivity contribution in [2.75, 3.05) is 18.4 Å². The number of imidazole rings is 1. The van der Waals surface area contributed by atoms with Gasteiger partial charge in [0.1, 0.15) is 5.82 Å². The maximum Gasteiger partial charge on any atom is 0.229 e. The van der Waals surface area contributed by atoms with Gasteiger partial charge in [0.15, 0.2) is 5.82 Å². The van der Waals surface area contributed by atoms with E-state index < -0.39 is 0 Å². The monoisotopic (exact) mass is 351 g/mol. The number of carbonyl (C=O) groups excluding carboxylic acids is 1. The third-order valence-corrected chi connectivity index (χ3v) is 4.80. The third kappa shape index (κ3) is 2.99. The number of hydrogen-bond donors (Lipinski definition) is 2. The number of pyridine rings is 1. The number of anilines is 1. The predicted octanol–water partition coefficient (Wildman–Crippen LogP) is 1.25. The van der Waals surface area contributed by atoms with Crippen LogP contribution in [0.4, 0.5) is 5.69 Å². The quantitative estimate of drug-likeness (QED) is 0.738. The predicted molar refractivity (Wildman–Crippen MR) is 97.0 cm³/mol. The lowest BCUT2D eigenvalue weighted by atomic mass is 9.90. The van der Waals surface area contributed by atoms with Gasteiger partial charge in [0.2, 0.25) is 5.91 Å². The number of rotatable bonds is 4. The average Bonchev–Trinajstić information content (AvgIpc) is 3.35. The molecule has 0 spiro atoms. The van der Waals surface area contributed by atoms with E-state index in [4.69, 9.17) is 0 Å². The molecule has 4 rings (SSSR count). The number of nitrogens with one attached hydrogen (secondary N) is 2. The summed E-state index contributed by atoms with van der Waals surface area (Å²) in [6.07, 6.45) is 9.07. The van der Waals surface area contributed by atoms with E-state index in [1.807, 2.05) is 49.3 Å². The Kier molecular flexibility index (Phi) is 4.26. The Hall–Kier alpha value is -3.00. The highest BCUT2D eigenvalue weighted by molar-refractivity contribution is 5.95. The van der Waals surface area contributed by atoms with Crippen molar-refractivity contribution in [1.29, 1.82) is 0 Å². The Morgan fingerprint density at radius 3 is 2.92 bits per heavy atom. The van der Waals surface area contributed by atoms with E-state index in [0.29, 0.717) is 18.1 Å². The van der Waals surface area contributed by atoms with Crippen LogP contribution in [0.5, 0.6) is 0 Å². The smallest absolute Gasteiger partial charge is 0.229 e. The molecule has 3 aromatic rings. The molecule has 1 saturated heterocycles. The second-order valence-electron chi connectivity index (χ2n) is 6.53. The molecule has 3 aromatic heterocycles. The molecule has 4 heterocycles. The van der Waals surface area contributed by atoms with Crippen molar-refractivity contribution in [1.82, 2.24) is 29.6 Å². The molecule has 134 valence electrons. The standard InChI is InChI=1S/C18H21N7O/c1-12-20-6-7-25(12)17-16(4-3-5-21-17)23-18(26)15-10-19-9-14(15)13-8-22-24(2)11-13/h3-8,11,14-15,19H,9-10H2,1-2H3,(H,23,26)/t14-,15+/m1/s1. The summed E-state index contributed by atoms with van der Waals surface area (Å²) < 4.78 is 3.63.